The van der Waals surface area contributed by atoms with Crippen molar-refractivity contribution in [2.45, 2.75) is 131 Å². The fraction of sp³-hybridized carbons (Fsp3) is 0.226. The lowest BCUT2D eigenvalue weighted by atomic mass is 9.79. The van der Waals surface area contributed by atoms with Crippen LogP contribution in [-0.4, -0.2) is 32.1 Å². The second kappa shape index (κ2) is 32.5. The summed E-state index contributed by atoms with van der Waals surface area (Å²) in [6.45, 7) is 29.0. The minimum Gasteiger partial charge on any atom is -0.494 e. The summed E-state index contributed by atoms with van der Waals surface area (Å²) in [5, 5.41) is 11.7. The van der Waals surface area contributed by atoms with Gasteiger partial charge < -0.3 is 9.64 Å². The van der Waals surface area contributed by atoms with E-state index >= 15 is 0 Å². The van der Waals surface area contributed by atoms with E-state index in [0.717, 1.165) is 128 Å². The van der Waals surface area contributed by atoms with Gasteiger partial charge in [-0.05, 0) is 262 Å². The molecule has 0 bridgehead atoms. The van der Waals surface area contributed by atoms with E-state index in [1.165, 1.54) is 63.0 Å². The Morgan fingerprint density at radius 3 is 1.08 bits per heavy atom. The number of rotatable bonds is 13. The third-order valence-corrected chi connectivity index (χ3v) is 22.5. The lowest BCUT2D eigenvalue weighted by molar-refractivity contribution is 0.392. The molecule has 0 aliphatic heterocycles. The van der Waals surface area contributed by atoms with Crippen LogP contribution in [0.4, 0.5) is 17.1 Å². The van der Waals surface area contributed by atoms with Crippen LogP contribution in [0.1, 0.15) is 131 Å². The second-order valence-corrected chi connectivity index (χ2v) is 36.5. The van der Waals surface area contributed by atoms with Gasteiger partial charge in [0.2, 0.25) is 0 Å². The van der Waals surface area contributed by atoms with Crippen LogP contribution in [0, 0.1) is 0 Å². The van der Waals surface area contributed by atoms with E-state index in [-0.39, 0.29) is 21.7 Å². The number of nitrogens with zero attached hydrogens (tertiary/aromatic N) is 6. The molecule has 13 heteroatoms. The Morgan fingerprint density at radius 2 is 0.726 bits per heavy atom. The van der Waals surface area contributed by atoms with Crippen molar-refractivity contribution in [3.63, 3.8) is 0 Å². The monoisotopic (exact) mass is 1780 g/mol. The van der Waals surface area contributed by atoms with Gasteiger partial charge in [-0.3, -0.25) is 0 Å². The molecule has 0 amide bonds. The highest BCUT2D eigenvalue weighted by atomic mass is 79.9. The number of hydrogen-bond donors (Lipinski definition) is 0. The topological polar surface area (TPSA) is 69.0 Å². The molecule has 14 aromatic rings. The fourth-order valence-electron chi connectivity index (χ4n) is 13.0. The van der Waals surface area contributed by atoms with Crippen molar-refractivity contribution in [1.82, 2.24) is 25.0 Å². The summed E-state index contributed by atoms with van der Waals surface area (Å²) in [6.07, 6.45) is 3.61. The number of fused-ring (bicyclic) bond motifs is 3. The largest absolute Gasteiger partial charge is 0.494 e. The summed E-state index contributed by atoms with van der Waals surface area (Å²) in [5.74, 6) is 0.808. The maximum atomic E-state index is 5.86. The van der Waals surface area contributed by atoms with Crippen molar-refractivity contribution in [2.75, 3.05) is 12.0 Å². The normalized spacial score (nSPS) is 11.9. The average Bonchev–Trinajstić information content (AvgIpc) is 1.34. The number of benzene rings is 11. The molecular formula is C93H88Br6N6O. The number of ether oxygens (including phenoxy) is 1. The lowest BCUT2D eigenvalue weighted by Gasteiger charge is -2.28. The molecule has 0 fully saturated rings. The first-order chi connectivity index (χ1) is 50.4. The van der Waals surface area contributed by atoms with Crippen LogP contribution in [0.25, 0.3) is 94.4 Å². The molecule has 0 saturated carbocycles. The number of aromatic nitrogens is 5. The average molecular weight is 1790 g/mol. The molecule has 0 radical (unpaired) electrons. The standard InChI is InChI=1S/C50H42Br2N2.C22H21Br2N.C21H25Br2N3O/c1-49(2,3)37-17-7-31(8-18-37)41-29-47(33-11-21-39(51)22-12-33)53-45-25-15-35(27-43(41)45)36-16-26-46-44(28-36)42(32-9-19-38(20-10-32)50(4,5)6)30-48(54-46)34-13-23-40(52)24-14-34;1-2-3-4-17-5-11-20(12-6-17)25(21-13-7-18(23)8-14-21)22-15-9-19(24)10-16-22;1-20(2,3)12-10-13(21(4,5)6)19(27-7)16(11-12)26-24-17-14(22)8-9-15(23)18(17)25-26/h7-30H,1-6H3;5-16H,2-4H2,1H3;8-11H,1-7H3. The molecule has 7 nitrogen and oxygen atoms in total. The van der Waals surface area contributed by atoms with Gasteiger partial charge in [-0.25, -0.2) is 9.97 Å². The minimum atomic E-state index is -0.0743. The minimum absolute atomic E-state index is 0.00519. The highest BCUT2D eigenvalue weighted by Gasteiger charge is 2.28. The van der Waals surface area contributed by atoms with Gasteiger partial charge in [0, 0.05) is 71.4 Å². The maximum Gasteiger partial charge on any atom is 0.150 e. The number of pyridine rings is 2. The molecular weight excluding hydrogens is 1700 g/mol. The number of hydrogen-bond acceptors (Lipinski definition) is 6. The predicted molar refractivity (Wildman–Crippen MR) is 470 cm³/mol. The summed E-state index contributed by atoms with van der Waals surface area (Å²) >= 11 is 21.4. The Hall–Kier alpha value is -7.88. The Kier molecular flexibility index (Phi) is 23.8. The van der Waals surface area contributed by atoms with Crippen molar-refractivity contribution in [3.8, 4) is 67.3 Å². The van der Waals surface area contributed by atoms with Crippen LogP contribution >= 0.6 is 95.6 Å². The summed E-state index contributed by atoms with van der Waals surface area (Å²) in [7, 11) is 1.71. The van der Waals surface area contributed by atoms with Crippen LogP contribution in [0.15, 0.2) is 269 Å². The van der Waals surface area contributed by atoms with E-state index in [2.05, 4.69) is 421 Å². The molecule has 0 saturated heterocycles. The van der Waals surface area contributed by atoms with Gasteiger partial charge in [-0.15, -0.1) is 15.0 Å². The number of halogens is 6. The summed E-state index contributed by atoms with van der Waals surface area (Å²) < 4.78 is 12.0. The number of aryl methyl sites for hydroxylation is 1. The van der Waals surface area contributed by atoms with E-state index < -0.39 is 0 Å². The molecule has 3 aromatic heterocycles. The number of anilines is 3. The molecule has 0 aliphatic rings. The molecule has 0 atom stereocenters. The SMILES string of the molecule is CC(C)(C)c1ccc(-c2cc(-c3ccc(Br)cc3)nc3ccc(-c4ccc5nc(-c6ccc(Br)cc6)cc(-c6ccc(C(C)(C)C)cc6)c5c4)cc23)cc1.CCCCc1ccc(N(c2ccc(Br)cc2)c2ccc(Br)cc2)cc1.COc1c(-n2nc3c(Br)ccc(Br)c3n2)cc(C(C)(C)C)cc1C(C)(C)C. The van der Waals surface area contributed by atoms with Crippen LogP contribution in [0.2, 0.25) is 0 Å². The highest BCUT2D eigenvalue weighted by molar-refractivity contribution is 9.11. The summed E-state index contributed by atoms with van der Waals surface area (Å²) in [4.78, 5) is 14.4. The van der Waals surface area contributed by atoms with Gasteiger partial charge >= 0.3 is 0 Å². The molecule has 106 heavy (non-hydrogen) atoms. The van der Waals surface area contributed by atoms with Crippen LogP contribution in [0.5, 0.6) is 5.75 Å². The third-order valence-electron chi connectivity index (χ3n) is 19.1. The molecule has 14 rings (SSSR count). The van der Waals surface area contributed by atoms with E-state index in [0.29, 0.717) is 0 Å². The quantitative estimate of drug-likeness (QED) is 0.115. The molecule has 11 aromatic carbocycles. The Labute approximate surface area is 676 Å². The van der Waals surface area contributed by atoms with E-state index in [1.54, 1.807) is 11.9 Å². The zero-order valence-electron chi connectivity index (χ0n) is 62.6. The first-order valence-electron chi connectivity index (χ1n) is 35.9. The maximum absolute atomic E-state index is 5.86. The highest BCUT2D eigenvalue weighted by Crippen LogP contribution is 2.44. The molecule has 0 spiro atoms. The fourth-order valence-corrected chi connectivity index (χ4v) is 14.8. The van der Waals surface area contributed by atoms with E-state index in [4.69, 9.17) is 24.9 Å². The molecule has 0 aliphatic carbocycles. The summed E-state index contributed by atoms with van der Waals surface area (Å²) in [5.41, 5.74) is 25.4. The van der Waals surface area contributed by atoms with Crippen LogP contribution < -0.4 is 9.64 Å². The predicted octanol–water partition coefficient (Wildman–Crippen LogP) is 29.8. The van der Waals surface area contributed by atoms with Gasteiger partial charge in [0.15, 0.2) is 0 Å². The number of unbranched alkanes of at least 4 members (excludes halogenated alkanes) is 1. The zero-order valence-corrected chi connectivity index (χ0v) is 72.1. The van der Waals surface area contributed by atoms with Crippen molar-refractivity contribution in [3.05, 3.63) is 297 Å². The Balaban J connectivity index is 0.000000169. The van der Waals surface area contributed by atoms with Gasteiger partial charge in [-0.2, -0.15) is 0 Å². The molecule has 3 heterocycles. The van der Waals surface area contributed by atoms with Gasteiger partial charge in [0.05, 0.1) is 29.5 Å². The molecule has 0 N–H and O–H groups in total. The zero-order chi connectivity index (χ0) is 75.6. The van der Waals surface area contributed by atoms with E-state index in [9.17, 15) is 0 Å². The lowest BCUT2D eigenvalue weighted by Crippen LogP contribution is -2.19. The van der Waals surface area contributed by atoms with Crippen LogP contribution in [0.3, 0.4) is 0 Å². The van der Waals surface area contributed by atoms with E-state index in [1.807, 2.05) is 12.1 Å². The smallest absolute Gasteiger partial charge is 0.150 e. The van der Waals surface area contributed by atoms with Gasteiger partial charge in [-0.1, -0.05) is 263 Å². The Morgan fingerprint density at radius 1 is 0.368 bits per heavy atom. The van der Waals surface area contributed by atoms with Crippen LogP contribution in [-0.2, 0) is 28.1 Å². The van der Waals surface area contributed by atoms with Gasteiger partial charge in [0.25, 0.3) is 0 Å². The second-order valence-electron chi connectivity index (χ2n) is 31.1. The summed E-state index contributed by atoms with van der Waals surface area (Å²) in [6, 6.07) is 86.8. The third kappa shape index (κ3) is 18.1. The first kappa shape index (κ1) is 77.7. The van der Waals surface area contributed by atoms with Crippen molar-refractivity contribution in [2.24, 2.45) is 0 Å². The van der Waals surface area contributed by atoms with Crippen molar-refractivity contribution < 1.29 is 4.74 Å². The Bertz CT molecular complexity index is 5170. The molecule has 0 unspecified atom stereocenters. The van der Waals surface area contributed by atoms with Crippen molar-refractivity contribution in [1.29, 1.82) is 0 Å². The van der Waals surface area contributed by atoms with Gasteiger partial charge in [0.1, 0.15) is 22.5 Å². The molecule has 538 valence electrons. The van der Waals surface area contributed by atoms with Crippen molar-refractivity contribution >= 4 is 145 Å². The first-order valence-corrected chi connectivity index (χ1v) is 40.6. The number of methoxy groups -OCH3 is 1.